The van der Waals surface area contributed by atoms with E-state index in [1.807, 2.05) is 0 Å². The largest absolute Gasteiger partial charge is 0.416 e. The van der Waals surface area contributed by atoms with Crippen LogP contribution in [0.2, 0.25) is 0 Å². The van der Waals surface area contributed by atoms with E-state index in [1.54, 1.807) is 0 Å². The number of nitrogens with zero attached hydrogens (tertiary/aromatic N) is 2. The SMILES string of the molecule is CNC(=O)n1cc(C)n(-c2cccc(C(F)(F)F)c2)c1=O. The third kappa shape index (κ3) is 2.69. The summed E-state index contributed by atoms with van der Waals surface area (Å²) in [5.74, 6) is 0. The van der Waals surface area contributed by atoms with Crippen LogP contribution < -0.4 is 11.0 Å². The molecule has 1 aromatic heterocycles. The van der Waals surface area contributed by atoms with Gasteiger partial charge in [0, 0.05) is 18.9 Å². The summed E-state index contributed by atoms with van der Waals surface area (Å²) < 4.78 is 40.0. The predicted octanol–water partition coefficient (Wildman–Crippen LogP) is 2.15. The summed E-state index contributed by atoms with van der Waals surface area (Å²) in [7, 11) is 1.35. The molecule has 1 heterocycles. The molecule has 0 aliphatic rings. The molecule has 2 aromatic rings. The van der Waals surface area contributed by atoms with Crippen molar-refractivity contribution in [2.24, 2.45) is 0 Å². The maximum atomic E-state index is 12.7. The quantitative estimate of drug-likeness (QED) is 0.877. The number of hydrogen-bond acceptors (Lipinski definition) is 2. The first-order chi connectivity index (χ1) is 9.75. The van der Waals surface area contributed by atoms with Gasteiger partial charge in [0.05, 0.1) is 11.3 Å². The molecule has 0 spiro atoms. The number of alkyl halides is 3. The molecule has 1 aromatic carbocycles. The molecule has 0 unspecified atom stereocenters. The van der Waals surface area contributed by atoms with Gasteiger partial charge in [-0.1, -0.05) is 6.07 Å². The van der Waals surface area contributed by atoms with Crippen LogP contribution in [-0.2, 0) is 6.18 Å². The number of carbonyl (C=O) groups is 1. The maximum absolute atomic E-state index is 12.7. The molecule has 1 amide bonds. The van der Waals surface area contributed by atoms with Crippen molar-refractivity contribution < 1.29 is 18.0 Å². The lowest BCUT2D eigenvalue weighted by atomic mass is 10.2. The first-order valence-electron chi connectivity index (χ1n) is 5.96. The Morgan fingerprint density at radius 2 is 1.95 bits per heavy atom. The monoisotopic (exact) mass is 299 g/mol. The van der Waals surface area contributed by atoms with Crippen LogP contribution in [0.4, 0.5) is 18.0 Å². The summed E-state index contributed by atoms with van der Waals surface area (Å²) in [5.41, 5.74) is -1.19. The highest BCUT2D eigenvalue weighted by Crippen LogP contribution is 2.30. The second-order valence-corrected chi connectivity index (χ2v) is 4.36. The summed E-state index contributed by atoms with van der Waals surface area (Å²) in [6.45, 7) is 1.53. The van der Waals surface area contributed by atoms with E-state index in [0.29, 0.717) is 5.69 Å². The molecule has 0 aliphatic carbocycles. The number of amides is 1. The van der Waals surface area contributed by atoms with Gasteiger partial charge in [-0.05, 0) is 25.1 Å². The molecule has 0 bridgehead atoms. The van der Waals surface area contributed by atoms with Gasteiger partial charge >= 0.3 is 17.9 Å². The zero-order valence-corrected chi connectivity index (χ0v) is 11.2. The normalized spacial score (nSPS) is 11.5. The maximum Gasteiger partial charge on any atom is 0.416 e. The van der Waals surface area contributed by atoms with Crippen LogP contribution in [0.25, 0.3) is 5.69 Å². The smallest absolute Gasteiger partial charge is 0.340 e. The Kier molecular flexibility index (Phi) is 3.63. The lowest BCUT2D eigenvalue weighted by molar-refractivity contribution is -0.137. The van der Waals surface area contributed by atoms with Gasteiger partial charge in [-0.3, -0.25) is 4.57 Å². The summed E-state index contributed by atoms with van der Waals surface area (Å²) in [4.78, 5) is 23.7. The predicted molar refractivity (Wildman–Crippen MR) is 69.6 cm³/mol. The number of nitrogens with one attached hydrogen (secondary N) is 1. The number of imidazole rings is 1. The Morgan fingerprint density at radius 1 is 1.29 bits per heavy atom. The molecule has 21 heavy (non-hydrogen) atoms. The van der Waals surface area contributed by atoms with Gasteiger partial charge in [0.25, 0.3) is 0 Å². The van der Waals surface area contributed by atoms with Crippen molar-refractivity contribution in [3.63, 3.8) is 0 Å². The first-order valence-corrected chi connectivity index (χ1v) is 5.96. The summed E-state index contributed by atoms with van der Waals surface area (Å²) in [6, 6.07) is 3.70. The molecular formula is C13H12F3N3O2. The minimum atomic E-state index is -4.50. The van der Waals surface area contributed by atoms with Crippen molar-refractivity contribution in [2.45, 2.75) is 13.1 Å². The van der Waals surface area contributed by atoms with Gasteiger partial charge in [-0.15, -0.1) is 0 Å². The van der Waals surface area contributed by atoms with Crippen LogP contribution in [0.1, 0.15) is 11.3 Å². The van der Waals surface area contributed by atoms with E-state index < -0.39 is 23.5 Å². The van der Waals surface area contributed by atoms with Crippen LogP contribution in [0.5, 0.6) is 0 Å². The van der Waals surface area contributed by atoms with Crippen molar-refractivity contribution >= 4 is 6.03 Å². The minimum absolute atomic E-state index is 0.0509. The van der Waals surface area contributed by atoms with Crippen molar-refractivity contribution in [1.29, 1.82) is 0 Å². The van der Waals surface area contributed by atoms with Crippen LogP contribution in [0, 0.1) is 6.92 Å². The van der Waals surface area contributed by atoms with Crippen LogP contribution in [-0.4, -0.2) is 22.2 Å². The molecule has 0 fully saturated rings. The zero-order valence-electron chi connectivity index (χ0n) is 11.2. The van der Waals surface area contributed by atoms with Crippen molar-refractivity contribution in [3.05, 3.63) is 52.2 Å². The number of hydrogen-bond donors (Lipinski definition) is 1. The fourth-order valence-electron chi connectivity index (χ4n) is 1.96. The molecule has 0 saturated heterocycles. The number of aryl methyl sites for hydroxylation is 1. The Hall–Kier alpha value is -2.51. The lowest BCUT2D eigenvalue weighted by Gasteiger charge is -2.09. The molecule has 2 rings (SSSR count). The molecule has 0 aliphatic heterocycles. The van der Waals surface area contributed by atoms with E-state index in [4.69, 9.17) is 0 Å². The molecule has 1 N–H and O–H groups in total. The topological polar surface area (TPSA) is 56.0 Å². The lowest BCUT2D eigenvalue weighted by Crippen LogP contribution is -2.34. The fourth-order valence-corrected chi connectivity index (χ4v) is 1.96. The van der Waals surface area contributed by atoms with E-state index in [9.17, 15) is 22.8 Å². The summed E-state index contributed by atoms with van der Waals surface area (Å²) in [5, 5.41) is 2.28. The van der Waals surface area contributed by atoms with Crippen LogP contribution >= 0.6 is 0 Å². The fraction of sp³-hybridized carbons (Fsp3) is 0.231. The number of aromatic nitrogens is 2. The second kappa shape index (κ2) is 5.12. The molecule has 0 saturated carbocycles. The average Bonchev–Trinajstić information content (AvgIpc) is 2.72. The molecule has 0 radical (unpaired) electrons. The third-order valence-corrected chi connectivity index (χ3v) is 2.93. The highest BCUT2D eigenvalue weighted by molar-refractivity contribution is 5.76. The van der Waals surface area contributed by atoms with Gasteiger partial charge in [0.2, 0.25) is 0 Å². The van der Waals surface area contributed by atoms with Gasteiger partial charge in [0.1, 0.15) is 0 Å². The average molecular weight is 299 g/mol. The highest BCUT2D eigenvalue weighted by atomic mass is 19.4. The molecular weight excluding hydrogens is 287 g/mol. The van der Waals surface area contributed by atoms with Crippen LogP contribution in [0.3, 0.4) is 0 Å². The number of halogens is 3. The molecule has 5 nitrogen and oxygen atoms in total. The van der Waals surface area contributed by atoms with Gasteiger partial charge in [0.15, 0.2) is 0 Å². The summed E-state index contributed by atoms with van der Waals surface area (Å²) in [6.07, 6.45) is -3.24. The molecule has 0 atom stereocenters. The van der Waals surface area contributed by atoms with Crippen molar-refractivity contribution in [2.75, 3.05) is 7.05 Å². The zero-order chi connectivity index (χ0) is 15.8. The Labute approximate surface area is 117 Å². The Balaban J connectivity index is 2.61. The van der Waals surface area contributed by atoms with E-state index in [2.05, 4.69) is 5.32 Å². The van der Waals surface area contributed by atoms with E-state index in [0.717, 1.165) is 21.3 Å². The first kappa shape index (κ1) is 14.9. The van der Waals surface area contributed by atoms with Crippen molar-refractivity contribution in [3.8, 4) is 5.69 Å². The second-order valence-electron chi connectivity index (χ2n) is 4.36. The van der Waals surface area contributed by atoms with Crippen LogP contribution in [0.15, 0.2) is 35.3 Å². The Morgan fingerprint density at radius 3 is 2.52 bits per heavy atom. The highest BCUT2D eigenvalue weighted by Gasteiger charge is 2.30. The number of carbonyl (C=O) groups excluding carboxylic acids is 1. The van der Waals surface area contributed by atoms with Gasteiger partial charge in [-0.2, -0.15) is 13.2 Å². The molecule has 8 heteroatoms. The number of rotatable bonds is 1. The van der Waals surface area contributed by atoms with Crippen molar-refractivity contribution in [1.82, 2.24) is 14.5 Å². The minimum Gasteiger partial charge on any atom is -0.340 e. The third-order valence-electron chi connectivity index (χ3n) is 2.93. The van der Waals surface area contributed by atoms with Gasteiger partial charge in [-0.25, -0.2) is 14.2 Å². The summed E-state index contributed by atoms with van der Waals surface area (Å²) >= 11 is 0. The number of benzene rings is 1. The van der Waals surface area contributed by atoms with E-state index in [1.165, 1.54) is 32.3 Å². The van der Waals surface area contributed by atoms with E-state index in [-0.39, 0.29) is 5.69 Å². The molecule has 112 valence electrons. The van der Waals surface area contributed by atoms with Gasteiger partial charge < -0.3 is 5.32 Å². The Bertz CT molecular complexity index is 744. The van der Waals surface area contributed by atoms with E-state index >= 15 is 0 Å². The standard InChI is InChI=1S/C13H12F3N3O2/c1-8-7-18(11(20)17-2)12(21)19(8)10-5-3-4-9(6-10)13(14,15)16/h3-7H,1-2H3,(H,17,20).